The highest BCUT2D eigenvalue weighted by Gasteiger charge is 2.22. The zero-order valence-electron chi connectivity index (χ0n) is 12.2. The molecule has 21 heavy (non-hydrogen) atoms. The van der Waals surface area contributed by atoms with Crippen LogP contribution in [0.5, 0.6) is 0 Å². The highest BCUT2D eigenvalue weighted by molar-refractivity contribution is 7.09. The van der Waals surface area contributed by atoms with Crippen LogP contribution in [0.3, 0.4) is 0 Å². The number of thiophene rings is 1. The van der Waals surface area contributed by atoms with Crippen LogP contribution in [-0.4, -0.2) is 10.8 Å². The summed E-state index contributed by atoms with van der Waals surface area (Å²) in [5.41, 5.74) is 1.06. The molecule has 0 aliphatic heterocycles. The van der Waals surface area contributed by atoms with Gasteiger partial charge in [-0.15, -0.1) is 11.3 Å². The van der Waals surface area contributed by atoms with E-state index in [-0.39, 0.29) is 5.91 Å². The summed E-state index contributed by atoms with van der Waals surface area (Å²) >= 11 is 1.71. The third kappa shape index (κ3) is 3.97. The molecule has 0 N–H and O–H groups in total. The van der Waals surface area contributed by atoms with Crippen LogP contribution >= 0.6 is 11.3 Å². The van der Waals surface area contributed by atoms with Gasteiger partial charge in [0.15, 0.2) is 0 Å². The molecule has 3 nitrogen and oxygen atoms in total. The minimum atomic E-state index is 0.275. The SMILES string of the molecule is O=C(CC1CCCC1)N(Cc1ccoc1)Cc1cccs1. The second-order valence-corrected chi connectivity index (χ2v) is 6.85. The molecule has 3 rings (SSSR count). The lowest BCUT2D eigenvalue weighted by atomic mass is 10.0. The molecule has 1 aliphatic carbocycles. The number of hydrogen-bond donors (Lipinski definition) is 0. The van der Waals surface area contributed by atoms with Gasteiger partial charge in [-0.3, -0.25) is 4.79 Å². The van der Waals surface area contributed by atoms with Gasteiger partial charge in [0, 0.05) is 23.4 Å². The van der Waals surface area contributed by atoms with Crippen LogP contribution in [0.2, 0.25) is 0 Å². The third-order valence-corrected chi connectivity index (χ3v) is 5.03. The van der Waals surface area contributed by atoms with E-state index < -0.39 is 0 Å². The number of nitrogens with zero attached hydrogens (tertiary/aromatic N) is 1. The quantitative estimate of drug-likeness (QED) is 0.790. The zero-order chi connectivity index (χ0) is 14.5. The predicted octanol–water partition coefficient (Wildman–Crippen LogP) is 4.45. The van der Waals surface area contributed by atoms with Crippen molar-refractivity contribution in [3.05, 3.63) is 46.5 Å². The molecule has 0 saturated heterocycles. The second-order valence-electron chi connectivity index (χ2n) is 5.82. The molecule has 1 fully saturated rings. The summed E-state index contributed by atoms with van der Waals surface area (Å²) in [6, 6.07) is 6.07. The van der Waals surface area contributed by atoms with Crippen molar-refractivity contribution >= 4 is 17.2 Å². The Kier molecular flexibility index (Phi) is 4.76. The molecule has 2 heterocycles. The fourth-order valence-corrected chi connectivity index (χ4v) is 3.74. The lowest BCUT2D eigenvalue weighted by Gasteiger charge is -2.23. The van der Waals surface area contributed by atoms with E-state index >= 15 is 0 Å². The van der Waals surface area contributed by atoms with Crippen molar-refractivity contribution in [2.24, 2.45) is 5.92 Å². The Morgan fingerprint density at radius 3 is 2.81 bits per heavy atom. The molecule has 0 radical (unpaired) electrons. The molecule has 2 aromatic heterocycles. The van der Waals surface area contributed by atoms with E-state index in [1.165, 1.54) is 30.6 Å². The average molecular weight is 303 g/mol. The summed E-state index contributed by atoms with van der Waals surface area (Å²) in [5.74, 6) is 0.865. The Labute approximate surface area is 129 Å². The Balaban J connectivity index is 1.66. The summed E-state index contributed by atoms with van der Waals surface area (Å²) in [6.07, 6.45) is 9.08. The van der Waals surface area contributed by atoms with E-state index in [2.05, 4.69) is 11.4 Å². The van der Waals surface area contributed by atoms with Crippen molar-refractivity contribution in [2.75, 3.05) is 0 Å². The monoisotopic (exact) mass is 303 g/mol. The Morgan fingerprint density at radius 1 is 1.29 bits per heavy atom. The molecule has 1 aliphatic rings. The Morgan fingerprint density at radius 2 is 2.14 bits per heavy atom. The molecule has 1 amide bonds. The first-order chi connectivity index (χ1) is 10.3. The van der Waals surface area contributed by atoms with Gasteiger partial charge < -0.3 is 9.32 Å². The predicted molar refractivity (Wildman–Crippen MR) is 83.9 cm³/mol. The standard InChI is InChI=1S/C17H21NO2S/c19-17(10-14-4-1-2-5-14)18(11-15-7-8-20-13-15)12-16-6-3-9-21-16/h3,6-9,13-14H,1-2,4-5,10-12H2. The number of hydrogen-bond acceptors (Lipinski definition) is 3. The highest BCUT2D eigenvalue weighted by atomic mass is 32.1. The van der Waals surface area contributed by atoms with E-state index in [0.29, 0.717) is 25.4 Å². The summed E-state index contributed by atoms with van der Waals surface area (Å²) in [4.78, 5) is 15.9. The molecule has 0 spiro atoms. The number of carbonyl (C=O) groups is 1. The van der Waals surface area contributed by atoms with Crippen LogP contribution in [0.4, 0.5) is 0 Å². The van der Waals surface area contributed by atoms with E-state index in [1.54, 1.807) is 23.9 Å². The van der Waals surface area contributed by atoms with Gasteiger partial charge in [0.05, 0.1) is 19.1 Å². The number of carbonyl (C=O) groups excluding carboxylic acids is 1. The van der Waals surface area contributed by atoms with E-state index in [1.807, 2.05) is 17.0 Å². The molecule has 2 aromatic rings. The Bertz CT molecular complexity index is 505. The molecular formula is C17H21NO2S. The lowest BCUT2D eigenvalue weighted by molar-refractivity contribution is -0.133. The van der Waals surface area contributed by atoms with Crippen LogP contribution in [0.15, 0.2) is 40.5 Å². The van der Waals surface area contributed by atoms with Crippen molar-refractivity contribution < 1.29 is 9.21 Å². The maximum atomic E-state index is 12.7. The first kappa shape index (κ1) is 14.4. The number of furan rings is 1. The van der Waals surface area contributed by atoms with Crippen LogP contribution < -0.4 is 0 Å². The van der Waals surface area contributed by atoms with Gasteiger partial charge in [-0.2, -0.15) is 0 Å². The van der Waals surface area contributed by atoms with Crippen LogP contribution in [0, 0.1) is 5.92 Å². The summed E-state index contributed by atoms with van der Waals surface area (Å²) < 4.78 is 5.13. The lowest BCUT2D eigenvalue weighted by Crippen LogP contribution is -2.30. The summed E-state index contributed by atoms with van der Waals surface area (Å²) in [5, 5.41) is 2.06. The maximum absolute atomic E-state index is 12.7. The van der Waals surface area contributed by atoms with Crippen LogP contribution in [-0.2, 0) is 17.9 Å². The second kappa shape index (κ2) is 6.94. The van der Waals surface area contributed by atoms with E-state index in [4.69, 9.17) is 4.42 Å². The fourth-order valence-electron chi connectivity index (χ4n) is 3.02. The largest absolute Gasteiger partial charge is 0.472 e. The topological polar surface area (TPSA) is 33.5 Å². The number of rotatable bonds is 6. The van der Waals surface area contributed by atoms with Gasteiger partial charge in [0.1, 0.15) is 0 Å². The number of amides is 1. The van der Waals surface area contributed by atoms with Crippen molar-refractivity contribution in [1.29, 1.82) is 0 Å². The van der Waals surface area contributed by atoms with Gasteiger partial charge in [-0.25, -0.2) is 0 Å². The minimum absolute atomic E-state index is 0.275. The van der Waals surface area contributed by atoms with Gasteiger partial charge in [-0.05, 0) is 36.3 Å². The normalized spacial score (nSPS) is 15.4. The molecule has 4 heteroatoms. The average Bonchev–Trinajstić information content (AvgIpc) is 3.21. The van der Waals surface area contributed by atoms with Crippen molar-refractivity contribution in [3.8, 4) is 0 Å². The van der Waals surface area contributed by atoms with Gasteiger partial charge in [0.2, 0.25) is 5.91 Å². The maximum Gasteiger partial charge on any atom is 0.223 e. The molecule has 0 bridgehead atoms. The van der Waals surface area contributed by atoms with E-state index in [0.717, 1.165) is 5.56 Å². The van der Waals surface area contributed by atoms with Crippen LogP contribution in [0.1, 0.15) is 42.5 Å². The smallest absolute Gasteiger partial charge is 0.223 e. The summed E-state index contributed by atoms with van der Waals surface area (Å²) in [7, 11) is 0. The first-order valence-electron chi connectivity index (χ1n) is 7.62. The van der Waals surface area contributed by atoms with Crippen molar-refractivity contribution in [3.63, 3.8) is 0 Å². The van der Waals surface area contributed by atoms with E-state index in [9.17, 15) is 4.79 Å². The molecule has 0 unspecified atom stereocenters. The zero-order valence-corrected chi connectivity index (χ0v) is 13.0. The first-order valence-corrected chi connectivity index (χ1v) is 8.50. The molecule has 1 saturated carbocycles. The molecule has 0 aromatic carbocycles. The van der Waals surface area contributed by atoms with Gasteiger partial charge in [0.25, 0.3) is 0 Å². The molecule has 112 valence electrons. The van der Waals surface area contributed by atoms with Crippen molar-refractivity contribution in [1.82, 2.24) is 4.90 Å². The van der Waals surface area contributed by atoms with Gasteiger partial charge >= 0.3 is 0 Å². The third-order valence-electron chi connectivity index (χ3n) is 4.17. The minimum Gasteiger partial charge on any atom is -0.472 e. The molecule has 0 atom stereocenters. The summed E-state index contributed by atoms with van der Waals surface area (Å²) in [6.45, 7) is 1.34. The van der Waals surface area contributed by atoms with Gasteiger partial charge in [-0.1, -0.05) is 18.9 Å². The highest BCUT2D eigenvalue weighted by Crippen LogP contribution is 2.28. The molecular weight excluding hydrogens is 282 g/mol. The van der Waals surface area contributed by atoms with Crippen molar-refractivity contribution in [2.45, 2.75) is 45.2 Å². The Hall–Kier alpha value is -1.55. The fraction of sp³-hybridized carbons (Fsp3) is 0.471. The van der Waals surface area contributed by atoms with Crippen LogP contribution in [0.25, 0.3) is 0 Å².